The Kier molecular flexibility index (Phi) is 3.53. The molecule has 0 radical (unpaired) electrons. The zero-order chi connectivity index (χ0) is 10.7. The van der Waals surface area contributed by atoms with Gasteiger partial charge in [-0.2, -0.15) is 5.26 Å². The normalized spacial score (nSPS) is 10.3. The number of alkyl halides is 3. The summed E-state index contributed by atoms with van der Waals surface area (Å²) in [5.74, 6) is 0. The number of aromatic nitrogens is 1. The van der Waals surface area contributed by atoms with E-state index >= 15 is 0 Å². The molecule has 0 aliphatic carbocycles. The molecule has 0 bridgehead atoms. The Bertz CT molecular complexity index is 385. The first kappa shape index (κ1) is 11.1. The summed E-state index contributed by atoms with van der Waals surface area (Å²) in [6.07, 6.45) is -1.49. The molecule has 1 aromatic rings. The summed E-state index contributed by atoms with van der Waals surface area (Å²) >= 11 is 3.15. The van der Waals surface area contributed by atoms with Gasteiger partial charge in [0.1, 0.15) is 11.8 Å². The van der Waals surface area contributed by atoms with E-state index in [-0.39, 0.29) is 11.3 Å². The van der Waals surface area contributed by atoms with Gasteiger partial charge in [0.05, 0.1) is 0 Å². The minimum absolute atomic E-state index is 0.113. The van der Waals surface area contributed by atoms with Crippen LogP contribution in [-0.4, -0.2) is 4.98 Å². The molecule has 0 aliphatic rings. The summed E-state index contributed by atoms with van der Waals surface area (Å²) in [5.41, 5.74) is 1.05. The van der Waals surface area contributed by atoms with Crippen LogP contribution in [0.4, 0.5) is 8.78 Å². The largest absolute Gasteiger partial charge is 0.265 e. The summed E-state index contributed by atoms with van der Waals surface area (Å²) in [6, 6.07) is 1.87. The van der Waals surface area contributed by atoms with Crippen molar-refractivity contribution in [1.82, 2.24) is 4.98 Å². The van der Waals surface area contributed by atoms with E-state index in [0.717, 1.165) is 6.20 Å². The fourth-order valence-electron chi connectivity index (χ4n) is 1.14. The fourth-order valence-corrected chi connectivity index (χ4v) is 1.83. The molecule has 14 heavy (non-hydrogen) atoms. The van der Waals surface area contributed by atoms with E-state index in [9.17, 15) is 8.78 Å². The van der Waals surface area contributed by atoms with Gasteiger partial charge < -0.3 is 0 Å². The number of hydrogen-bond donors (Lipinski definition) is 0. The Labute approximate surface area is 88.7 Å². The third-order valence-corrected chi connectivity index (χ3v) is 2.54. The summed E-state index contributed by atoms with van der Waals surface area (Å²) < 4.78 is 24.9. The van der Waals surface area contributed by atoms with E-state index < -0.39 is 6.43 Å². The molecule has 0 aliphatic heterocycles. The second kappa shape index (κ2) is 4.47. The van der Waals surface area contributed by atoms with Gasteiger partial charge in [-0.3, -0.25) is 0 Å². The van der Waals surface area contributed by atoms with Crippen molar-refractivity contribution >= 4 is 15.9 Å². The van der Waals surface area contributed by atoms with Crippen molar-refractivity contribution in [3.63, 3.8) is 0 Å². The first-order valence-electron chi connectivity index (χ1n) is 3.84. The van der Waals surface area contributed by atoms with Crippen LogP contribution >= 0.6 is 15.9 Å². The number of hydrogen-bond acceptors (Lipinski definition) is 2. The van der Waals surface area contributed by atoms with Crippen molar-refractivity contribution in [2.24, 2.45) is 0 Å². The van der Waals surface area contributed by atoms with E-state index in [1.807, 2.05) is 6.07 Å². The molecule has 0 aromatic carbocycles. The molecule has 1 aromatic heterocycles. The molecule has 1 rings (SSSR count). The average molecular weight is 261 g/mol. The molecule has 0 saturated carbocycles. The van der Waals surface area contributed by atoms with Crippen LogP contribution in [0.1, 0.15) is 28.8 Å². The molecule has 0 saturated heterocycles. The lowest BCUT2D eigenvalue weighted by molar-refractivity contribution is 0.150. The number of pyridine rings is 1. The first-order valence-corrected chi connectivity index (χ1v) is 4.96. The van der Waals surface area contributed by atoms with Crippen LogP contribution < -0.4 is 0 Å². The predicted octanol–water partition coefficient (Wildman–Crippen LogP) is 3.09. The van der Waals surface area contributed by atoms with E-state index in [1.165, 1.54) is 0 Å². The molecule has 2 nitrogen and oxygen atoms in total. The van der Waals surface area contributed by atoms with E-state index in [2.05, 4.69) is 20.9 Å². The van der Waals surface area contributed by atoms with Gasteiger partial charge in [-0.05, 0) is 12.5 Å². The molecular weight excluding hydrogens is 254 g/mol. The van der Waals surface area contributed by atoms with E-state index in [0.29, 0.717) is 16.5 Å². The topological polar surface area (TPSA) is 36.7 Å². The maximum atomic E-state index is 12.4. The lowest BCUT2D eigenvalue weighted by atomic mass is 10.0. The molecule has 0 unspecified atom stereocenters. The Morgan fingerprint density at radius 2 is 2.29 bits per heavy atom. The minimum atomic E-state index is -2.55. The molecule has 0 N–H and O–H groups in total. The number of rotatable bonds is 2. The predicted molar refractivity (Wildman–Crippen MR) is 51.3 cm³/mol. The molecule has 0 atom stereocenters. The van der Waals surface area contributed by atoms with Crippen molar-refractivity contribution in [3.8, 4) is 6.07 Å². The van der Waals surface area contributed by atoms with E-state index in [4.69, 9.17) is 5.26 Å². The zero-order valence-corrected chi connectivity index (χ0v) is 8.98. The van der Waals surface area contributed by atoms with Gasteiger partial charge in [0.2, 0.25) is 0 Å². The van der Waals surface area contributed by atoms with Gasteiger partial charge in [0.15, 0.2) is 0 Å². The van der Waals surface area contributed by atoms with Crippen molar-refractivity contribution < 1.29 is 8.78 Å². The average Bonchev–Trinajstić information content (AvgIpc) is 2.16. The van der Waals surface area contributed by atoms with Crippen molar-refractivity contribution in [3.05, 3.63) is 28.6 Å². The second-order valence-corrected chi connectivity index (χ2v) is 3.27. The summed E-state index contributed by atoms with van der Waals surface area (Å²) in [7, 11) is 0. The molecule has 0 amide bonds. The standard InChI is InChI=1S/C9H7BrF2N2/c1-5-6(2-10)8(3-13)14-4-7(5)9(11)12/h4,9H,2H2,1H3. The van der Waals surface area contributed by atoms with Crippen LogP contribution in [0.25, 0.3) is 0 Å². The quantitative estimate of drug-likeness (QED) is 0.767. The number of halogens is 3. The Morgan fingerprint density at radius 3 is 2.71 bits per heavy atom. The lowest BCUT2D eigenvalue weighted by Crippen LogP contribution is -2.00. The monoisotopic (exact) mass is 260 g/mol. The SMILES string of the molecule is Cc1c(C(F)F)cnc(C#N)c1CBr. The maximum Gasteiger partial charge on any atom is 0.265 e. The summed E-state index contributed by atoms with van der Waals surface area (Å²) in [6.45, 7) is 1.57. The van der Waals surface area contributed by atoms with Gasteiger partial charge in [-0.1, -0.05) is 15.9 Å². The smallest absolute Gasteiger partial charge is 0.245 e. The van der Waals surface area contributed by atoms with Gasteiger partial charge in [0, 0.05) is 22.7 Å². The van der Waals surface area contributed by atoms with Crippen molar-refractivity contribution in [1.29, 1.82) is 5.26 Å². The molecule has 0 fully saturated rings. The van der Waals surface area contributed by atoms with Crippen LogP contribution in [0.2, 0.25) is 0 Å². The van der Waals surface area contributed by atoms with Crippen LogP contribution in [0.15, 0.2) is 6.20 Å². The fraction of sp³-hybridized carbons (Fsp3) is 0.333. The molecular formula is C9H7BrF2N2. The Hall–Kier alpha value is -1.02. The molecule has 74 valence electrons. The van der Waals surface area contributed by atoms with Crippen LogP contribution in [0.5, 0.6) is 0 Å². The number of nitriles is 1. The Morgan fingerprint density at radius 1 is 1.64 bits per heavy atom. The zero-order valence-electron chi connectivity index (χ0n) is 7.39. The van der Waals surface area contributed by atoms with Gasteiger partial charge in [-0.25, -0.2) is 13.8 Å². The highest BCUT2D eigenvalue weighted by Crippen LogP contribution is 2.26. The highest BCUT2D eigenvalue weighted by atomic mass is 79.9. The first-order chi connectivity index (χ1) is 6.61. The maximum absolute atomic E-state index is 12.4. The number of nitrogens with zero attached hydrogens (tertiary/aromatic N) is 2. The highest BCUT2D eigenvalue weighted by Gasteiger charge is 2.16. The third-order valence-electron chi connectivity index (χ3n) is 1.98. The molecule has 0 spiro atoms. The summed E-state index contributed by atoms with van der Waals surface area (Å²) in [4.78, 5) is 3.68. The minimum Gasteiger partial charge on any atom is -0.245 e. The Balaban J connectivity index is 3.37. The third kappa shape index (κ3) is 1.90. The van der Waals surface area contributed by atoms with Crippen molar-refractivity contribution in [2.75, 3.05) is 0 Å². The summed E-state index contributed by atoms with van der Waals surface area (Å²) in [5, 5.41) is 9.04. The van der Waals surface area contributed by atoms with E-state index in [1.54, 1.807) is 6.92 Å². The van der Waals surface area contributed by atoms with Crippen LogP contribution in [0.3, 0.4) is 0 Å². The highest BCUT2D eigenvalue weighted by molar-refractivity contribution is 9.08. The van der Waals surface area contributed by atoms with Gasteiger partial charge in [0.25, 0.3) is 6.43 Å². The van der Waals surface area contributed by atoms with Gasteiger partial charge in [-0.15, -0.1) is 0 Å². The van der Waals surface area contributed by atoms with Crippen molar-refractivity contribution in [2.45, 2.75) is 18.7 Å². The lowest BCUT2D eigenvalue weighted by Gasteiger charge is -2.09. The van der Waals surface area contributed by atoms with Crippen LogP contribution in [0, 0.1) is 18.3 Å². The molecule has 1 heterocycles. The second-order valence-electron chi connectivity index (χ2n) is 2.71. The van der Waals surface area contributed by atoms with Gasteiger partial charge >= 0.3 is 0 Å². The molecule has 5 heteroatoms. The van der Waals surface area contributed by atoms with Crippen LogP contribution in [-0.2, 0) is 5.33 Å².